The van der Waals surface area contributed by atoms with Crippen LogP contribution in [-0.4, -0.2) is 5.91 Å². The number of primary amides is 1. The largest absolute Gasteiger partial charge is 0.369 e. The van der Waals surface area contributed by atoms with Crippen LogP contribution in [0.25, 0.3) is 0 Å². The Morgan fingerprint density at radius 3 is 2.60 bits per heavy atom. The summed E-state index contributed by atoms with van der Waals surface area (Å²) < 4.78 is 0. The van der Waals surface area contributed by atoms with Gasteiger partial charge in [0.1, 0.15) is 0 Å². The average Bonchev–Trinajstić information content (AvgIpc) is 2.64. The Labute approximate surface area is 123 Å². The van der Waals surface area contributed by atoms with E-state index in [1.54, 1.807) is 0 Å². The zero-order valence-corrected chi connectivity index (χ0v) is 12.2. The highest BCUT2D eigenvalue weighted by Crippen LogP contribution is 2.37. The first-order chi connectivity index (χ1) is 9.65. The van der Waals surface area contributed by atoms with E-state index in [1.807, 2.05) is 24.8 Å². The van der Waals surface area contributed by atoms with Crippen LogP contribution in [-0.2, 0) is 17.6 Å². The first-order valence-corrected chi connectivity index (χ1v) is 7.64. The highest BCUT2D eigenvalue weighted by molar-refractivity contribution is 7.99. The van der Waals surface area contributed by atoms with Crippen molar-refractivity contribution in [1.82, 2.24) is 0 Å². The number of nitrogens with two attached hydrogens (primary N) is 1. The second-order valence-electron chi connectivity index (χ2n) is 5.20. The van der Waals surface area contributed by atoms with E-state index < -0.39 is 0 Å². The molecular formula is C17H17NOS. The molecule has 102 valence electrons. The van der Waals surface area contributed by atoms with Gasteiger partial charge < -0.3 is 5.73 Å². The number of amides is 1. The Balaban J connectivity index is 1.97. The molecule has 1 aliphatic heterocycles. The quantitative estimate of drug-likeness (QED) is 0.916. The van der Waals surface area contributed by atoms with Crippen molar-refractivity contribution in [2.24, 2.45) is 5.73 Å². The summed E-state index contributed by atoms with van der Waals surface area (Å²) >= 11 is 1.82. The van der Waals surface area contributed by atoms with Gasteiger partial charge in [0.25, 0.3) is 0 Å². The lowest BCUT2D eigenvalue weighted by atomic mass is 9.96. The molecule has 0 bridgehead atoms. The fourth-order valence-electron chi connectivity index (χ4n) is 2.53. The summed E-state index contributed by atoms with van der Waals surface area (Å²) in [5.74, 6) is -0.495. The number of aryl methyl sites for hydroxylation is 2. The highest BCUT2D eigenvalue weighted by atomic mass is 32.2. The molecular weight excluding hydrogens is 266 g/mol. The van der Waals surface area contributed by atoms with E-state index in [0.29, 0.717) is 0 Å². The predicted molar refractivity (Wildman–Crippen MR) is 82.0 cm³/mol. The third kappa shape index (κ3) is 2.46. The minimum absolute atomic E-state index is 0.226. The first kappa shape index (κ1) is 13.3. The summed E-state index contributed by atoms with van der Waals surface area (Å²) in [6, 6.07) is 14.8. The number of fused-ring (bicyclic) bond motifs is 2. The van der Waals surface area contributed by atoms with Crippen LogP contribution in [0.3, 0.4) is 0 Å². The number of hydrogen-bond acceptors (Lipinski definition) is 2. The molecule has 1 amide bonds. The lowest BCUT2D eigenvalue weighted by molar-refractivity contribution is -0.119. The molecule has 0 radical (unpaired) electrons. The van der Waals surface area contributed by atoms with Crippen LogP contribution in [0.4, 0.5) is 0 Å². The summed E-state index contributed by atoms with van der Waals surface area (Å²) in [5.41, 5.74) is 9.13. The topological polar surface area (TPSA) is 43.1 Å². The Kier molecular flexibility index (Phi) is 3.53. The molecule has 0 spiro atoms. The molecule has 20 heavy (non-hydrogen) atoms. The van der Waals surface area contributed by atoms with Gasteiger partial charge in [-0.25, -0.2) is 0 Å². The molecule has 1 unspecified atom stereocenters. The van der Waals surface area contributed by atoms with Crippen molar-refractivity contribution >= 4 is 17.7 Å². The maximum atomic E-state index is 11.3. The third-order valence-electron chi connectivity index (χ3n) is 3.87. The van der Waals surface area contributed by atoms with Crippen molar-refractivity contribution in [1.29, 1.82) is 0 Å². The van der Waals surface area contributed by atoms with Gasteiger partial charge >= 0.3 is 0 Å². The van der Waals surface area contributed by atoms with E-state index in [4.69, 9.17) is 5.73 Å². The van der Waals surface area contributed by atoms with Gasteiger partial charge in [-0.15, -0.1) is 0 Å². The van der Waals surface area contributed by atoms with Gasteiger partial charge in [0, 0.05) is 9.79 Å². The van der Waals surface area contributed by atoms with Crippen LogP contribution >= 0.6 is 11.8 Å². The minimum atomic E-state index is -0.269. The molecule has 0 aliphatic carbocycles. The van der Waals surface area contributed by atoms with Gasteiger partial charge in [-0.1, -0.05) is 42.1 Å². The van der Waals surface area contributed by atoms with E-state index in [-0.39, 0.29) is 11.8 Å². The minimum Gasteiger partial charge on any atom is -0.369 e. The van der Waals surface area contributed by atoms with E-state index in [2.05, 4.69) is 36.4 Å². The third-order valence-corrected chi connectivity index (χ3v) is 5.10. The molecule has 3 rings (SSSR count). The number of benzene rings is 2. The van der Waals surface area contributed by atoms with E-state index in [1.165, 1.54) is 20.9 Å². The molecule has 3 heteroatoms. The Morgan fingerprint density at radius 1 is 1.10 bits per heavy atom. The molecule has 2 aromatic rings. The number of hydrogen-bond donors (Lipinski definition) is 1. The second-order valence-corrected chi connectivity index (χ2v) is 6.28. The van der Waals surface area contributed by atoms with Crippen LogP contribution in [0.5, 0.6) is 0 Å². The number of carbonyl (C=O) groups excluding carboxylic acids is 1. The van der Waals surface area contributed by atoms with Crippen molar-refractivity contribution in [2.45, 2.75) is 35.5 Å². The molecule has 0 fully saturated rings. The van der Waals surface area contributed by atoms with Crippen LogP contribution in [0, 0.1) is 0 Å². The number of rotatable bonds is 2. The fourth-order valence-corrected chi connectivity index (χ4v) is 3.64. The van der Waals surface area contributed by atoms with E-state index in [9.17, 15) is 4.79 Å². The maximum Gasteiger partial charge on any atom is 0.224 e. The van der Waals surface area contributed by atoms with Gasteiger partial charge in [0.2, 0.25) is 5.91 Å². The van der Waals surface area contributed by atoms with Crippen LogP contribution < -0.4 is 5.73 Å². The zero-order valence-electron chi connectivity index (χ0n) is 11.4. The van der Waals surface area contributed by atoms with Gasteiger partial charge in [0.05, 0.1) is 5.92 Å². The van der Waals surface area contributed by atoms with Crippen molar-refractivity contribution in [3.63, 3.8) is 0 Å². The van der Waals surface area contributed by atoms with Crippen LogP contribution in [0.2, 0.25) is 0 Å². The summed E-state index contributed by atoms with van der Waals surface area (Å²) in [4.78, 5) is 14.0. The van der Waals surface area contributed by atoms with Crippen molar-refractivity contribution in [3.05, 3.63) is 59.2 Å². The van der Waals surface area contributed by atoms with Gasteiger partial charge in [-0.2, -0.15) is 0 Å². The normalized spacial score (nSPS) is 14.8. The fraction of sp³-hybridized carbons (Fsp3) is 0.235. The maximum absolute atomic E-state index is 11.3. The molecule has 1 atom stereocenters. The second kappa shape index (κ2) is 5.33. The highest BCUT2D eigenvalue weighted by Gasteiger charge is 2.17. The summed E-state index contributed by atoms with van der Waals surface area (Å²) in [5, 5.41) is 0. The monoisotopic (exact) mass is 283 g/mol. The van der Waals surface area contributed by atoms with Crippen LogP contribution in [0.1, 0.15) is 29.5 Å². The van der Waals surface area contributed by atoms with E-state index >= 15 is 0 Å². The zero-order chi connectivity index (χ0) is 14.1. The summed E-state index contributed by atoms with van der Waals surface area (Å²) in [7, 11) is 0. The molecule has 2 N–H and O–H groups in total. The van der Waals surface area contributed by atoms with Gasteiger partial charge in [0.15, 0.2) is 0 Å². The SMILES string of the molecule is CC(C(N)=O)c1ccc2c(c1)CCc1ccccc1S2. The average molecular weight is 283 g/mol. The molecule has 1 heterocycles. The molecule has 0 saturated carbocycles. The van der Waals surface area contributed by atoms with Crippen LogP contribution in [0.15, 0.2) is 52.3 Å². The first-order valence-electron chi connectivity index (χ1n) is 6.83. The summed E-state index contributed by atoms with van der Waals surface area (Å²) in [6.07, 6.45) is 2.06. The standard InChI is InChI=1S/C17H17NOS/c1-11(17(18)19)13-8-9-16-14(10-13)7-6-12-4-2-3-5-15(12)20-16/h2-5,8-11H,6-7H2,1H3,(H2,18,19). The molecule has 0 aromatic heterocycles. The van der Waals surface area contributed by atoms with E-state index in [0.717, 1.165) is 18.4 Å². The van der Waals surface area contributed by atoms with Gasteiger partial charge in [-0.05, 0) is 48.6 Å². The lowest BCUT2D eigenvalue weighted by Gasteiger charge is -2.12. The van der Waals surface area contributed by atoms with Crippen molar-refractivity contribution in [2.75, 3.05) is 0 Å². The lowest BCUT2D eigenvalue weighted by Crippen LogP contribution is -2.18. The molecule has 1 aliphatic rings. The Bertz CT molecular complexity index is 666. The van der Waals surface area contributed by atoms with Crippen molar-refractivity contribution in [3.8, 4) is 0 Å². The molecule has 2 nitrogen and oxygen atoms in total. The van der Waals surface area contributed by atoms with Crippen molar-refractivity contribution < 1.29 is 4.79 Å². The molecule has 0 saturated heterocycles. The van der Waals surface area contributed by atoms with Gasteiger partial charge in [-0.3, -0.25) is 4.79 Å². The smallest absolute Gasteiger partial charge is 0.224 e. The Hall–Kier alpha value is -1.74. The summed E-state index contributed by atoms with van der Waals surface area (Å²) in [6.45, 7) is 1.86. The molecule has 2 aromatic carbocycles. The number of carbonyl (C=O) groups is 1. The predicted octanol–water partition coefficient (Wildman–Crippen LogP) is 3.53. The Morgan fingerprint density at radius 2 is 1.80 bits per heavy atom.